The first kappa shape index (κ1) is 17.9. The summed E-state index contributed by atoms with van der Waals surface area (Å²) >= 11 is 6.13. The average molecular weight is 348 g/mol. The molecule has 0 fully saturated rings. The van der Waals surface area contributed by atoms with Gasteiger partial charge in [-0.2, -0.15) is 0 Å². The summed E-state index contributed by atoms with van der Waals surface area (Å²) in [6, 6.07) is 11.9. The van der Waals surface area contributed by atoms with Crippen LogP contribution in [-0.4, -0.2) is 17.4 Å². The van der Waals surface area contributed by atoms with E-state index >= 15 is 0 Å². The van der Waals surface area contributed by atoms with Crippen molar-refractivity contribution in [1.29, 1.82) is 0 Å². The predicted octanol–water partition coefficient (Wildman–Crippen LogP) is 3.85. The summed E-state index contributed by atoms with van der Waals surface area (Å²) in [5.74, 6) is -0.280. The molecule has 0 saturated carbocycles. The molecule has 0 aliphatic rings. The topological polar surface area (TPSA) is 84.3 Å². The molecule has 2 aromatic carbocycles. The average Bonchev–Trinajstić information content (AvgIpc) is 2.54. The number of nitro groups is 1. The van der Waals surface area contributed by atoms with Crippen LogP contribution in [0.15, 0.2) is 42.5 Å². The van der Waals surface area contributed by atoms with E-state index in [1.807, 2.05) is 25.1 Å². The molecule has 2 rings (SSSR count). The number of nitro benzene ring substituents is 1. The second-order valence-electron chi connectivity index (χ2n) is 5.38. The van der Waals surface area contributed by atoms with Crippen molar-refractivity contribution in [3.05, 3.63) is 68.7 Å². The number of hydrogen-bond acceptors (Lipinski definition) is 4. The zero-order valence-corrected chi connectivity index (χ0v) is 14.1. The first-order chi connectivity index (χ1) is 11.4. The van der Waals surface area contributed by atoms with Gasteiger partial charge in [0.05, 0.1) is 22.7 Å². The van der Waals surface area contributed by atoms with Crippen LogP contribution in [0.25, 0.3) is 0 Å². The molecule has 0 bridgehead atoms. The number of nitrogens with one attached hydrogen (secondary N) is 2. The van der Waals surface area contributed by atoms with Gasteiger partial charge < -0.3 is 10.6 Å². The van der Waals surface area contributed by atoms with Crippen LogP contribution in [-0.2, 0) is 4.79 Å². The van der Waals surface area contributed by atoms with Crippen LogP contribution in [0.3, 0.4) is 0 Å². The van der Waals surface area contributed by atoms with Crippen molar-refractivity contribution in [2.75, 3.05) is 11.9 Å². The number of carbonyl (C=O) groups excluding carboxylic acids is 1. The molecule has 0 aliphatic carbocycles. The summed E-state index contributed by atoms with van der Waals surface area (Å²) in [5.41, 5.74) is 1.74. The van der Waals surface area contributed by atoms with E-state index in [9.17, 15) is 14.9 Å². The van der Waals surface area contributed by atoms with Crippen LogP contribution in [0.2, 0.25) is 5.02 Å². The molecule has 126 valence electrons. The van der Waals surface area contributed by atoms with Gasteiger partial charge in [-0.25, -0.2) is 0 Å². The van der Waals surface area contributed by atoms with Gasteiger partial charge in [0.25, 0.3) is 5.69 Å². The smallest absolute Gasteiger partial charge is 0.274 e. The van der Waals surface area contributed by atoms with Gasteiger partial charge in [0, 0.05) is 17.1 Å². The zero-order valence-electron chi connectivity index (χ0n) is 13.4. The Bertz CT molecular complexity index is 764. The van der Waals surface area contributed by atoms with Crippen molar-refractivity contribution in [2.24, 2.45) is 0 Å². The van der Waals surface area contributed by atoms with E-state index in [1.165, 1.54) is 6.07 Å². The summed E-state index contributed by atoms with van der Waals surface area (Å²) in [6.45, 7) is 3.58. The van der Waals surface area contributed by atoms with Crippen molar-refractivity contribution in [2.45, 2.75) is 19.9 Å². The number of carbonyl (C=O) groups is 1. The van der Waals surface area contributed by atoms with Crippen LogP contribution in [0, 0.1) is 17.0 Å². The number of rotatable bonds is 6. The Hall–Kier alpha value is -2.44. The van der Waals surface area contributed by atoms with Gasteiger partial charge in [0.15, 0.2) is 0 Å². The quantitative estimate of drug-likeness (QED) is 0.614. The molecule has 0 heterocycles. The van der Waals surface area contributed by atoms with E-state index in [-0.39, 0.29) is 24.2 Å². The second-order valence-corrected chi connectivity index (χ2v) is 5.79. The number of anilines is 1. The van der Waals surface area contributed by atoms with Crippen molar-refractivity contribution in [1.82, 2.24) is 5.32 Å². The molecule has 1 unspecified atom stereocenters. The largest absolute Gasteiger partial charge is 0.324 e. The third kappa shape index (κ3) is 4.31. The molecule has 1 amide bonds. The summed E-state index contributed by atoms with van der Waals surface area (Å²) in [6.07, 6.45) is 0. The van der Waals surface area contributed by atoms with Gasteiger partial charge in [0.2, 0.25) is 5.91 Å². The Morgan fingerprint density at radius 3 is 2.62 bits per heavy atom. The molecule has 0 aliphatic heterocycles. The van der Waals surface area contributed by atoms with Crippen molar-refractivity contribution >= 4 is 28.9 Å². The van der Waals surface area contributed by atoms with Crippen molar-refractivity contribution in [3.63, 3.8) is 0 Å². The molecule has 0 radical (unpaired) electrons. The van der Waals surface area contributed by atoms with Gasteiger partial charge in [0.1, 0.15) is 0 Å². The maximum Gasteiger partial charge on any atom is 0.274 e. The summed E-state index contributed by atoms with van der Waals surface area (Å²) in [5, 5.41) is 17.3. The molecule has 7 heteroatoms. The van der Waals surface area contributed by atoms with E-state index in [0.717, 1.165) is 5.56 Å². The number of halogens is 1. The highest BCUT2D eigenvalue weighted by atomic mass is 35.5. The summed E-state index contributed by atoms with van der Waals surface area (Å²) in [7, 11) is 0. The Balaban J connectivity index is 1.98. The van der Waals surface area contributed by atoms with Crippen LogP contribution >= 0.6 is 11.6 Å². The normalized spacial score (nSPS) is 11.8. The van der Waals surface area contributed by atoms with E-state index in [2.05, 4.69) is 10.6 Å². The summed E-state index contributed by atoms with van der Waals surface area (Å²) in [4.78, 5) is 22.6. The predicted molar refractivity (Wildman–Crippen MR) is 94.3 cm³/mol. The standard InChI is InChI=1S/C17H18ClN3O3/c1-11-15(8-5-9-16(11)21(23)24)20-17(22)10-19-12(2)13-6-3-4-7-14(13)18/h3-9,12,19H,10H2,1-2H3,(H,20,22). The lowest BCUT2D eigenvalue weighted by Gasteiger charge is -2.16. The Kier molecular flexibility index (Phi) is 5.89. The molecule has 24 heavy (non-hydrogen) atoms. The molecule has 2 N–H and O–H groups in total. The number of nitrogens with zero attached hydrogens (tertiary/aromatic N) is 1. The molecule has 6 nitrogen and oxygen atoms in total. The Morgan fingerprint density at radius 2 is 1.96 bits per heavy atom. The van der Waals surface area contributed by atoms with E-state index in [0.29, 0.717) is 16.3 Å². The highest BCUT2D eigenvalue weighted by molar-refractivity contribution is 6.31. The fourth-order valence-corrected chi connectivity index (χ4v) is 2.63. The van der Waals surface area contributed by atoms with Gasteiger partial charge in [-0.3, -0.25) is 14.9 Å². The number of benzene rings is 2. The lowest BCUT2D eigenvalue weighted by molar-refractivity contribution is -0.385. The summed E-state index contributed by atoms with van der Waals surface area (Å²) < 4.78 is 0. The molecule has 2 aromatic rings. The molecule has 0 saturated heterocycles. The SMILES string of the molecule is Cc1c(NC(=O)CNC(C)c2ccccc2Cl)cccc1[N+](=O)[O-]. The van der Waals surface area contributed by atoms with Gasteiger partial charge in [-0.1, -0.05) is 35.9 Å². The highest BCUT2D eigenvalue weighted by Gasteiger charge is 2.15. The van der Waals surface area contributed by atoms with Crippen molar-refractivity contribution in [3.8, 4) is 0 Å². The first-order valence-corrected chi connectivity index (χ1v) is 7.79. The fourth-order valence-electron chi connectivity index (χ4n) is 2.33. The van der Waals surface area contributed by atoms with Crippen LogP contribution < -0.4 is 10.6 Å². The van der Waals surface area contributed by atoms with Gasteiger partial charge in [-0.15, -0.1) is 0 Å². The van der Waals surface area contributed by atoms with E-state index < -0.39 is 4.92 Å². The highest BCUT2D eigenvalue weighted by Crippen LogP contribution is 2.25. The molecular formula is C17H18ClN3O3. The minimum Gasteiger partial charge on any atom is -0.324 e. The van der Waals surface area contributed by atoms with Crippen LogP contribution in [0.5, 0.6) is 0 Å². The fraction of sp³-hybridized carbons (Fsp3) is 0.235. The maximum absolute atomic E-state index is 12.1. The number of amides is 1. The van der Waals surface area contributed by atoms with Crippen molar-refractivity contribution < 1.29 is 9.72 Å². The first-order valence-electron chi connectivity index (χ1n) is 7.42. The lowest BCUT2D eigenvalue weighted by Crippen LogP contribution is -2.30. The zero-order chi connectivity index (χ0) is 17.7. The minimum atomic E-state index is -0.470. The maximum atomic E-state index is 12.1. The van der Waals surface area contributed by atoms with Crippen LogP contribution in [0.1, 0.15) is 24.1 Å². The molecule has 0 spiro atoms. The van der Waals surface area contributed by atoms with Gasteiger partial charge >= 0.3 is 0 Å². The molecule has 1 atom stereocenters. The second kappa shape index (κ2) is 7.90. The number of hydrogen-bond donors (Lipinski definition) is 2. The lowest BCUT2D eigenvalue weighted by atomic mass is 10.1. The van der Waals surface area contributed by atoms with Crippen LogP contribution in [0.4, 0.5) is 11.4 Å². The third-order valence-electron chi connectivity index (χ3n) is 3.72. The minimum absolute atomic E-state index is 0.0230. The molecule has 0 aromatic heterocycles. The Morgan fingerprint density at radius 1 is 1.25 bits per heavy atom. The van der Waals surface area contributed by atoms with Gasteiger partial charge in [-0.05, 0) is 31.5 Å². The third-order valence-corrected chi connectivity index (χ3v) is 4.06. The van der Waals surface area contributed by atoms with E-state index in [1.54, 1.807) is 25.1 Å². The van der Waals surface area contributed by atoms with E-state index in [4.69, 9.17) is 11.6 Å². The monoisotopic (exact) mass is 347 g/mol. The Labute approximate surface area is 145 Å². The molecular weight excluding hydrogens is 330 g/mol.